The van der Waals surface area contributed by atoms with Crippen molar-refractivity contribution in [1.82, 2.24) is 14.5 Å². The highest BCUT2D eigenvalue weighted by molar-refractivity contribution is 5.94. The highest BCUT2D eigenvalue weighted by Crippen LogP contribution is 2.34. The molecule has 5 heteroatoms. The standard InChI is InChI=1S/C32H38N4O/c1-23(2)30(35(21-11-20-33)32(37)28-18-16-24(3)17-19-28)31-34-29(27-14-9-6-10-15-27)25(4)36(31)22-26-12-7-5-8-13-26/h5-10,12-19,23,30H,11,20-22,33H2,1-4H3. The number of carbonyl (C=O) groups is 1. The van der Waals surface area contributed by atoms with Crippen LogP contribution < -0.4 is 5.73 Å². The number of aryl methyl sites for hydroxylation is 1. The topological polar surface area (TPSA) is 64.2 Å². The van der Waals surface area contributed by atoms with Gasteiger partial charge in [-0.2, -0.15) is 0 Å². The molecule has 1 amide bonds. The Hall–Kier alpha value is -3.70. The molecule has 1 aromatic heterocycles. The Balaban J connectivity index is 1.86. The van der Waals surface area contributed by atoms with E-state index < -0.39 is 0 Å². The van der Waals surface area contributed by atoms with Gasteiger partial charge in [-0.15, -0.1) is 0 Å². The summed E-state index contributed by atoms with van der Waals surface area (Å²) in [5.41, 5.74) is 12.1. The van der Waals surface area contributed by atoms with Gasteiger partial charge >= 0.3 is 0 Å². The number of benzene rings is 3. The van der Waals surface area contributed by atoms with Crippen LogP contribution >= 0.6 is 0 Å². The maximum atomic E-state index is 14.0. The molecule has 192 valence electrons. The lowest BCUT2D eigenvalue weighted by molar-refractivity contribution is 0.0604. The summed E-state index contributed by atoms with van der Waals surface area (Å²) in [5.74, 6) is 1.07. The minimum Gasteiger partial charge on any atom is -0.330 e. The second kappa shape index (κ2) is 12.0. The number of hydrogen-bond acceptors (Lipinski definition) is 3. The predicted octanol–water partition coefficient (Wildman–Crippen LogP) is 6.40. The highest BCUT2D eigenvalue weighted by Gasteiger charge is 2.33. The van der Waals surface area contributed by atoms with E-state index in [1.54, 1.807) is 0 Å². The van der Waals surface area contributed by atoms with Gasteiger partial charge in [0.2, 0.25) is 0 Å². The van der Waals surface area contributed by atoms with E-state index >= 15 is 0 Å². The zero-order chi connectivity index (χ0) is 26.4. The van der Waals surface area contributed by atoms with Crippen LogP contribution in [0.4, 0.5) is 0 Å². The normalized spacial score (nSPS) is 12.1. The van der Waals surface area contributed by atoms with Crippen molar-refractivity contribution in [2.24, 2.45) is 11.7 Å². The summed E-state index contributed by atoms with van der Waals surface area (Å²) in [5, 5.41) is 0. The molecule has 1 atom stereocenters. The fourth-order valence-corrected chi connectivity index (χ4v) is 4.90. The molecule has 0 fully saturated rings. The number of imidazole rings is 1. The van der Waals surface area contributed by atoms with Crippen LogP contribution in [0.1, 0.15) is 59.3 Å². The van der Waals surface area contributed by atoms with Crippen LogP contribution in [0, 0.1) is 19.8 Å². The lowest BCUT2D eigenvalue weighted by Crippen LogP contribution is -2.40. The number of rotatable bonds is 10. The van der Waals surface area contributed by atoms with E-state index in [-0.39, 0.29) is 17.9 Å². The average Bonchev–Trinajstić information content (AvgIpc) is 3.22. The monoisotopic (exact) mass is 494 g/mol. The maximum Gasteiger partial charge on any atom is 0.254 e. The Bertz CT molecular complexity index is 1290. The van der Waals surface area contributed by atoms with E-state index in [1.165, 1.54) is 5.56 Å². The lowest BCUT2D eigenvalue weighted by Gasteiger charge is -2.35. The molecular weight excluding hydrogens is 456 g/mol. The van der Waals surface area contributed by atoms with Crippen LogP contribution in [0.3, 0.4) is 0 Å². The molecule has 0 aliphatic carbocycles. The van der Waals surface area contributed by atoms with Crippen molar-refractivity contribution in [1.29, 1.82) is 0 Å². The van der Waals surface area contributed by atoms with Crippen LogP contribution in [0.2, 0.25) is 0 Å². The van der Waals surface area contributed by atoms with E-state index in [1.807, 2.05) is 60.4 Å². The van der Waals surface area contributed by atoms with Crippen LogP contribution in [-0.2, 0) is 6.54 Å². The van der Waals surface area contributed by atoms with Crippen LogP contribution in [0.5, 0.6) is 0 Å². The Kier molecular flexibility index (Phi) is 8.57. The fourth-order valence-electron chi connectivity index (χ4n) is 4.90. The highest BCUT2D eigenvalue weighted by atomic mass is 16.2. The third kappa shape index (κ3) is 6.00. The molecule has 0 bridgehead atoms. The molecule has 0 spiro atoms. The zero-order valence-corrected chi connectivity index (χ0v) is 22.4. The van der Waals surface area contributed by atoms with Gasteiger partial charge in [0.25, 0.3) is 5.91 Å². The summed E-state index contributed by atoms with van der Waals surface area (Å²) in [6.07, 6.45) is 0.727. The largest absolute Gasteiger partial charge is 0.330 e. The Morgan fingerprint density at radius 2 is 1.54 bits per heavy atom. The molecular formula is C32H38N4O. The van der Waals surface area contributed by atoms with Crippen molar-refractivity contribution in [2.75, 3.05) is 13.1 Å². The van der Waals surface area contributed by atoms with Crippen molar-refractivity contribution in [2.45, 2.75) is 46.7 Å². The molecule has 0 saturated carbocycles. The number of amides is 1. The smallest absolute Gasteiger partial charge is 0.254 e. The van der Waals surface area contributed by atoms with Gasteiger partial charge in [-0.3, -0.25) is 4.79 Å². The molecule has 4 rings (SSSR count). The summed E-state index contributed by atoms with van der Waals surface area (Å²) >= 11 is 0. The first kappa shape index (κ1) is 26.4. The van der Waals surface area contributed by atoms with Gasteiger partial charge in [-0.1, -0.05) is 92.2 Å². The predicted molar refractivity (Wildman–Crippen MR) is 151 cm³/mol. The minimum absolute atomic E-state index is 0.0142. The summed E-state index contributed by atoms with van der Waals surface area (Å²) in [7, 11) is 0. The summed E-state index contributed by atoms with van der Waals surface area (Å²) in [4.78, 5) is 21.2. The Labute approximate surface area is 221 Å². The van der Waals surface area contributed by atoms with Gasteiger partial charge in [0, 0.05) is 29.9 Å². The Morgan fingerprint density at radius 1 is 0.919 bits per heavy atom. The molecule has 4 aromatic rings. The van der Waals surface area contributed by atoms with Crippen LogP contribution in [-0.4, -0.2) is 33.4 Å². The molecule has 1 unspecified atom stereocenters. The first-order chi connectivity index (χ1) is 17.9. The second-order valence-electron chi connectivity index (χ2n) is 10.0. The summed E-state index contributed by atoms with van der Waals surface area (Å²) in [6, 6.07) is 28.3. The molecule has 2 N–H and O–H groups in total. The number of carbonyl (C=O) groups excluding carboxylic acids is 1. The average molecular weight is 495 g/mol. The molecule has 5 nitrogen and oxygen atoms in total. The van der Waals surface area contributed by atoms with E-state index in [4.69, 9.17) is 10.7 Å². The lowest BCUT2D eigenvalue weighted by atomic mass is 9.99. The van der Waals surface area contributed by atoms with E-state index in [2.05, 4.69) is 61.7 Å². The third-order valence-corrected chi connectivity index (χ3v) is 6.88. The maximum absolute atomic E-state index is 14.0. The Morgan fingerprint density at radius 3 is 2.14 bits per heavy atom. The van der Waals surface area contributed by atoms with Gasteiger partial charge in [-0.25, -0.2) is 4.98 Å². The van der Waals surface area contributed by atoms with E-state index in [0.717, 1.165) is 34.8 Å². The molecule has 0 saturated heterocycles. The molecule has 37 heavy (non-hydrogen) atoms. The van der Waals surface area contributed by atoms with Crippen molar-refractivity contribution in [3.63, 3.8) is 0 Å². The van der Waals surface area contributed by atoms with Crippen molar-refractivity contribution in [3.05, 3.63) is 113 Å². The fraction of sp³-hybridized carbons (Fsp3) is 0.312. The van der Waals surface area contributed by atoms with E-state index in [0.29, 0.717) is 25.2 Å². The number of aromatic nitrogens is 2. The van der Waals surface area contributed by atoms with Crippen molar-refractivity contribution < 1.29 is 4.79 Å². The molecule has 1 heterocycles. The third-order valence-electron chi connectivity index (χ3n) is 6.88. The first-order valence-corrected chi connectivity index (χ1v) is 13.1. The number of nitrogens with zero attached hydrogens (tertiary/aromatic N) is 3. The minimum atomic E-state index is -0.208. The van der Waals surface area contributed by atoms with Gasteiger partial charge < -0.3 is 15.2 Å². The quantitative estimate of drug-likeness (QED) is 0.277. The second-order valence-corrected chi connectivity index (χ2v) is 10.0. The van der Waals surface area contributed by atoms with E-state index in [9.17, 15) is 4.79 Å². The van der Waals surface area contributed by atoms with Crippen molar-refractivity contribution in [3.8, 4) is 11.3 Å². The van der Waals surface area contributed by atoms with Gasteiger partial charge in [0.1, 0.15) is 5.82 Å². The molecule has 0 aliphatic heterocycles. The summed E-state index contributed by atoms with van der Waals surface area (Å²) in [6.45, 7) is 10.3. The number of nitrogens with two attached hydrogens (primary N) is 1. The summed E-state index contributed by atoms with van der Waals surface area (Å²) < 4.78 is 2.29. The van der Waals surface area contributed by atoms with Crippen LogP contribution in [0.15, 0.2) is 84.9 Å². The van der Waals surface area contributed by atoms with Gasteiger partial charge in [0.05, 0.1) is 11.7 Å². The van der Waals surface area contributed by atoms with Crippen molar-refractivity contribution >= 4 is 5.91 Å². The van der Waals surface area contributed by atoms with Gasteiger partial charge in [-0.05, 0) is 50.4 Å². The zero-order valence-electron chi connectivity index (χ0n) is 22.4. The molecule has 3 aromatic carbocycles. The molecule has 0 aliphatic rings. The van der Waals surface area contributed by atoms with Gasteiger partial charge in [0.15, 0.2) is 0 Å². The SMILES string of the molecule is Cc1ccc(C(=O)N(CCCN)C(c2nc(-c3ccccc3)c(C)n2Cc2ccccc2)C(C)C)cc1. The molecule has 0 radical (unpaired) electrons. The number of hydrogen-bond donors (Lipinski definition) is 1. The van der Waals surface area contributed by atoms with Crippen LogP contribution in [0.25, 0.3) is 11.3 Å². The first-order valence-electron chi connectivity index (χ1n) is 13.1.